The molecule has 0 atom stereocenters. The molecule has 0 saturated carbocycles. The molecule has 0 aliphatic rings. The van der Waals surface area contributed by atoms with Gasteiger partial charge in [-0.3, -0.25) is 9.59 Å². The van der Waals surface area contributed by atoms with Crippen molar-refractivity contribution in [3.05, 3.63) is 45.6 Å². The van der Waals surface area contributed by atoms with Crippen LogP contribution in [-0.4, -0.2) is 10.4 Å². The summed E-state index contributed by atoms with van der Waals surface area (Å²) in [6.07, 6.45) is 0. The molecule has 0 amide bonds. The molecule has 18 heavy (non-hydrogen) atoms. The smallest absolute Gasteiger partial charge is 0.262 e. The zero-order valence-corrected chi connectivity index (χ0v) is 11.5. The van der Waals surface area contributed by atoms with E-state index in [1.807, 2.05) is 37.4 Å². The van der Waals surface area contributed by atoms with Crippen molar-refractivity contribution in [1.29, 1.82) is 0 Å². The number of Topliss-reactive ketones (excluding diaryl/α,β-unsaturated/α-hetero) is 1. The van der Waals surface area contributed by atoms with Crippen molar-refractivity contribution in [2.45, 2.75) is 26.8 Å². The number of rotatable bonds is 3. The van der Waals surface area contributed by atoms with Crippen molar-refractivity contribution in [1.82, 2.24) is 4.57 Å². The number of hydrogen-bond donors (Lipinski definition) is 0. The van der Waals surface area contributed by atoms with Crippen molar-refractivity contribution in [3.63, 3.8) is 0 Å². The molecule has 0 N–H and O–H groups in total. The number of pyridine rings is 1. The lowest BCUT2D eigenvalue weighted by Gasteiger charge is -2.16. The Balaban J connectivity index is 2.73. The largest absolute Gasteiger partial charge is 0.304 e. The van der Waals surface area contributed by atoms with Gasteiger partial charge in [-0.15, -0.1) is 11.3 Å². The first kappa shape index (κ1) is 12.8. The van der Waals surface area contributed by atoms with Crippen molar-refractivity contribution in [2.75, 3.05) is 0 Å². The highest BCUT2D eigenvalue weighted by Crippen LogP contribution is 2.25. The Morgan fingerprint density at radius 3 is 2.50 bits per heavy atom. The van der Waals surface area contributed by atoms with Crippen LogP contribution in [-0.2, 0) is 0 Å². The minimum atomic E-state index is -0.205. The van der Waals surface area contributed by atoms with Gasteiger partial charge >= 0.3 is 0 Å². The van der Waals surface area contributed by atoms with Crippen LogP contribution in [0.1, 0.15) is 37.2 Å². The van der Waals surface area contributed by atoms with Gasteiger partial charge in [-0.25, -0.2) is 0 Å². The minimum absolute atomic E-state index is 0.0221. The van der Waals surface area contributed by atoms with E-state index in [4.69, 9.17) is 0 Å². The van der Waals surface area contributed by atoms with E-state index in [0.717, 1.165) is 10.6 Å². The molecule has 0 aromatic carbocycles. The maximum atomic E-state index is 12.3. The molecule has 0 bridgehead atoms. The lowest BCUT2D eigenvalue weighted by atomic mass is 10.1. The summed E-state index contributed by atoms with van der Waals surface area (Å²) in [7, 11) is 0. The van der Waals surface area contributed by atoms with Gasteiger partial charge in [0.25, 0.3) is 5.56 Å². The standard InChI is InChI=1S/C14H15NO2S/c1-9(2)15-12(13-5-4-8-18-13)7-6-11(10(3)16)14(15)17/h4-9H,1-3H3. The predicted octanol–water partition coefficient (Wildman–Crippen LogP) is 3.36. The maximum Gasteiger partial charge on any atom is 0.262 e. The molecule has 0 spiro atoms. The summed E-state index contributed by atoms with van der Waals surface area (Å²) in [5, 5.41) is 1.98. The van der Waals surface area contributed by atoms with Crippen LogP contribution in [0.2, 0.25) is 0 Å². The quantitative estimate of drug-likeness (QED) is 0.795. The van der Waals surface area contributed by atoms with Crippen LogP contribution < -0.4 is 5.56 Å². The molecule has 0 aliphatic carbocycles. The summed E-state index contributed by atoms with van der Waals surface area (Å²) >= 11 is 1.59. The molecule has 0 unspecified atom stereocenters. The number of ketones is 1. The number of aromatic nitrogens is 1. The van der Waals surface area contributed by atoms with Gasteiger partial charge in [-0.1, -0.05) is 6.07 Å². The summed E-state index contributed by atoms with van der Waals surface area (Å²) in [6, 6.07) is 7.43. The fourth-order valence-electron chi connectivity index (χ4n) is 1.96. The van der Waals surface area contributed by atoms with E-state index in [9.17, 15) is 9.59 Å². The summed E-state index contributed by atoms with van der Waals surface area (Å²) < 4.78 is 1.68. The van der Waals surface area contributed by atoms with Crippen LogP contribution in [0.15, 0.2) is 34.4 Å². The molecule has 4 heteroatoms. The van der Waals surface area contributed by atoms with Gasteiger partial charge in [0.05, 0.1) is 16.1 Å². The first-order valence-corrected chi connectivity index (χ1v) is 6.70. The van der Waals surface area contributed by atoms with Crippen molar-refractivity contribution in [3.8, 4) is 10.6 Å². The topological polar surface area (TPSA) is 39.1 Å². The van der Waals surface area contributed by atoms with Crippen LogP contribution in [0.4, 0.5) is 0 Å². The molecule has 94 valence electrons. The van der Waals surface area contributed by atoms with Crippen molar-refractivity contribution >= 4 is 17.1 Å². The van der Waals surface area contributed by atoms with E-state index in [1.54, 1.807) is 22.0 Å². The molecule has 0 aliphatic heterocycles. The maximum absolute atomic E-state index is 12.3. The van der Waals surface area contributed by atoms with Gasteiger partial charge in [-0.05, 0) is 44.4 Å². The second-order valence-electron chi connectivity index (χ2n) is 4.43. The Labute approximate surface area is 110 Å². The lowest BCUT2D eigenvalue weighted by molar-refractivity contribution is 0.101. The molecule has 0 radical (unpaired) electrons. The number of nitrogens with zero attached hydrogens (tertiary/aromatic N) is 1. The lowest BCUT2D eigenvalue weighted by Crippen LogP contribution is -2.28. The molecular formula is C14H15NO2S. The van der Waals surface area contributed by atoms with E-state index in [1.165, 1.54) is 6.92 Å². The van der Waals surface area contributed by atoms with E-state index in [-0.39, 0.29) is 22.9 Å². The molecule has 2 aromatic heterocycles. The highest BCUT2D eigenvalue weighted by Gasteiger charge is 2.15. The van der Waals surface area contributed by atoms with Gasteiger partial charge in [0.1, 0.15) is 0 Å². The molecule has 0 saturated heterocycles. The van der Waals surface area contributed by atoms with E-state index < -0.39 is 0 Å². The zero-order valence-electron chi connectivity index (χ0n) is 10.6. The molecule has 2 aromatic rings. The van der Waals surface area contributed by atoms with Crippen LogP contribution in [0.5, 0.6) is 0 Å². The van der Waals surface area contributed by atoms with Gasteiger partial charge in [-0.2, -0.15) is 0 Å². The Morgan fingerprint density at radius 2 is 2.00 bits per heavy atom. The second kappa shape index (κ2) is 4.90. The molecular weight excluding hydrogens is 246 g/mol. The van der Waals surface area contributed by atoms with Crippen LogP contribution in [0, 0.1) is 0 Å². The van der Waals surface area contributed by atoms with Gasteiger partial charge < -0.3 is 4.57 Å². The molecule has 3 nitrogen and oxygen atoms in total. The number of carbonyl (C=O) groups is 1. The Kier molecular flexibility index (Phi) is 3.48. The molecule has 0 fully saturated rings. The fraction of sp³-hybridized carbons (Fsp3) is 0.286. The third kappa shape index (κ3) is 2.16. The highest BCUT2D eigenvalue weighted by molar-refractivity contribution is 7.13. The number of carbonyl (C=O) groups excluding carboxylic acids is 1. The van der Waals surface area contributed by atoms with Gasteiger partial charge in [0.15, 0.2) is 5.78 Å². The summed E-state index contributed by atoms with van der Waals surface area (Å²) in [4.78, 5) is 24.8. The van der Waals surface area contributed by atoms with Crippen molar-refractivity contribution < 1.29 is 4.79 Å². The Morgan fingerprint density at radius 1 is 1.28 bits per heavy atom. The van der Waals surface area contributed by atoms with Crippen LogP contribution in [0.3, 0.4) is 0 Å². The van der Waals surface area contributed by atoms with Crippen LogP contribution >= 0.6 is 11.3 Å². The summed E-state index contributed by atoms with van der Waals surface area (Å²) in [5.74, 6) is -0.188. The first-order valence-electron chi connectivity index (χ1n) is 5.82. The van der Waals surface area contributed by atoms with Crippen molar-refractivity contribution in [2.24, 2.45) is 0 Å². The van der Waals surface area contributed by atoms with E-state index in [0.29, 0.717) is 0 Å². The third-order valence-corrected chi connectivity index (χ3v) is 3.68. The zero-order chi connectivity index (χ0) is 13.3. The fourth-order valence-corrected chi connectivity index (χ4v) is 2.71. The third-order valence-electron chi connectivity index (χ3n) is 2.79. The Bertz CT molecular complexity index is 624. The normalized spacial score (nSPS) is 10.9. The average molecular weight is 261 g/mol. The Hall–Kier alpha value is -1.68. The first-order chi connectivity index (χ1) is 8.52. The second-order valence-corrected chi connectivity index (χ2v) is 5.38. The van der Waals surface area contributed by atoms with Crippen LogP contribution in [0.25, 0.3) is 10.6 Å². The molecule has 2 rings (SSSR count). The highest BCUT2D eigenvalue weighted by atomic mass is 32.1. The predicted molar refractivity (Wildman–Crippen MR) is 74.4 cm³/mol. The SMILES string of the molecule is CC(=O)c1ccc(-c2cccs2)n(C(C)C)c1=O. The average Bonchev–Trinajstić information content (AvgIpc) is 2.80. The van der Waals surface area contributed by atoms with Gasteiger partial charge in [0, 0.05) is 6.04 Å². The van der Waals surface area contributed by atoms with E-state index in [2.05, 4.69) is 0 Å². The van der Waals surface area contributed by atoms with E-state index >= 15 is 0 Å². The number of thiophene rings is 1. The summed E-state index contributed by atoms with van der Waals surface area (Å²) in [6.45, 7) is 5.32. The monoisotopic (exact) mass is 261 g/mol. The number of hydrogen-bond acceptors (Lipinski definition) is 3. The summed E-state index contributed by atoms with van der Waals surface area (Å²) in [5.41, 5.74) is 0.919. The molecule has 2 heterocycles. The van der Waals surface area contributed by atoms with Gasteiger partial charge in [0.2, 0.25) is 0 Å². The minimum Gasteiger partial charge on any atom is -0.304 e.